The number of hydrogen-bond donors (Lipinski definition) is 1. The average molecular weight is 245 g/mol. The Kier molecular flexibility index (Phi) is 3.55. The molecule has 1 fully saturated rings. The van der Waals surface area contributed by atoms with Crippen LogP contribution in [0.2, 0.25) is 0 Å². The number of ether oxygens (including phenoxy) is 1. The lowest BCUT2D eigenvalue weighted by molar-refractivity contribution is 0.134. The lowest BCUT2D eigenvalue weighted by Crippen LogP contribution is -2.27. The van der Waals surface area contributed by atoms with Crippen LogP contribution >= 0.6 is 0 Å². The summed E-state index contributed by atoms with van der Waals surface area (Å²) in [5.41, 5.74) is 2.86. The van der Waals surface area contributed by atoms with Gasteiger partial charge in [-0.05, 0) is 56.2 Å². The van der Waals surface area contributed by atoms with Gasteiger partial charge in [0.25, 0.3) is 0 Å². The Bertz CT molecular complexity index is 408. The summed E-state index contributed by atoms with van der Waals surface area (Å²) in [5, 5.41) is 3.45. The van der Waals surface area contributed by atoms with Gasteiger partial charge in [0.15, 0.2) is 0 Å². The zero-order valence-electron chi connectivity index (χ0n) is 11.2. The van der Waals surface area contributed by atoms with Crippen molar-refractivity contribution in [2.75, 3.05) is 6.54 Å². The van der Waals surface area contributed by atoms with Crippen LogP contribution < -0.4 is 10.1 Å². The van der Waals surface area contributed by atoms with Gasteiger partial charge in [0.1, 0.15) is 5.75 Å². The van der Waals surface area contributed by atoms with E-state index in [0.29, 0.717) is 6.10 Å². The first-order chi connectivity index (χ1) is 8.83. The van der Waals surface area contributed by atoms with E-state index >= 15 is 0 Å². The van der Waals surface area contributed by atoms with Crippen LogP contribution in [0.15, 0.2) is 18.2 Å². The molecule has 2 nitrogen and oxygen atoms in total. The maximum absolute atomic E-state index is 6.26. The second-order valence-corrected chi connectivity index (χ2v) is 5.82. The van der Waals surface area contributed by atoms with Crippen molar-refractivity contribution in [3.05, 3.63) is 29.3 Å². The van der Waals surface area contributed by atoms with Gasteiger partial charge in [-0.1, -0.05) is 19.1 Å². The largest absolute Gasteiger partial charge is 0.490 e. The second kappa shape index (κ2) is 5.31. The third kappa shape index (κ3) is 2.54. The molecule has 0 saturated heterocycles. The summed E-state index contributed by atoms with van der Waals surface area (Å²) in [4.78, 5) is 0. The van der Waals surface area contributed by atoms with E-state index in [9.17, 15) is 0 Å². The van der Waals surface area contributed by atoms with Crippen LogP contribution in [0.25, 0.3) is 0 Å². The summed E-state index contributed by atoms with van der Waals surface area (Å²) in [5.74, 6) is 2.01. The van der Waals surface area contributed by atoms with Crippen molar-refractivity contribution in [1.29, 1.82) is 0 Å². The smallest absolute Gasteiger partial charge is 0.124 e. The Morgan fingerprint density at radius 2 is 2.00 bits per heavy atom. The first-order valence-electron chi connectivity index (χ1n) is 7.31. The monoisotopic (exact) mass is 245 g/mol. The molecule has 1 saturated carbocycles. The summed E-state index contributed by atoms with van der Waals surface area (Å²) < 4.78 is 6.26. The van der Waals surface area contributed by atoms with Crippen molar-refractivity contribution < 1.29 is 4.74 Å². The molecule has 18 heavy (non-hydrogen) atoms. The quantitative estimate of drug-likeness (QED) is 0.863. The lowest BCUT2D eigenvalue weighted by atomic mass is 9.89. The standard InChI is InChI=1S/C16H23NO/c1-12-5-7-14(8-6-12)18-16-4-2-3-13-9-10-17-11-15(13)16/h2-4,12,14,17H,5-11H2,1H3. The van der Waals surface area contributed by atoms with Crippen molar-refractivity contribution in [3.63, 3.8) is 0 Å². The van der Waals surface area contributed by atoms with Gasteiger partial charge in [-0.2, -0.15) is 0 Å². The zero-order valence-corrected chi connectivity index (χ0v) is 11.2. The van der Waals surface area contributed by atoms with Crippen molar-refractivity contribution in [2.24, 2.45) is 5.92 Å². The molecule has 0 amide bonds. The molecule has 2 heteroatoms. The van der Waals surface area contributed by atoms with Gasteiger partial charge < -0.3 is 10.1 Å². The minimum absolute atomic E-state index is 0.439. The molecule has 1 N–H and O–H groups in total. The zero-order chi connectivity index (χ0) is 12.4. The molecule has 1 heterocycles. The SMILES string of the molecule is CC1CCC(Oc2cccc3c2CNCC3)CC1. The molecule has 2 aliphatic rings. The van der Waals surface area contributed by atoms with Gasteiger partial charge in [-0.3, -0.25) is 0 Å². The van der Waals surface area contributed by atoms with Gasteiger partial charge in [0, 0.05) is 12.1 Å². The molecular weight excluding hydrogens is 222 g/mol. The Morgan fingerprint density at radius 1 is 1.17 bits per heavy atom. The third-order valence-electron chi connectivity index (χ3n) is 4.36. The summed E-state index contributed by atoms with van der Waals surface area (Å²) in [7, 11) is 0. The maximum Gasteiger partial charge on any atom is 0.124 e. The number of nitrogens with one attached hydrogen (secondary N) is 1. The van der Waals surface area contributed by atoms with Crippen LogP contribution in [0.1, 0.15) is 43.7 Å². The predicted octanol–water partition coefficient (Wildman–Crippen LogP) is 3.29. The van der Waals surface area contributed by atoms with Crippen LogP contribution in [0.5, 0.6) is 5.75 Å². The van der Waals surface area contributed by atoms with Crippen LogP contribution in [-0.2, 0) is 13.0 Å². The first kappa shape index (κ1) is 12.0. The van der Waals surface area contributed by atoms with Crippen molar-refractivity contribution in [3.8, 4) is 5.75 Å². The molecule has 98 valence electrons. The highest BCUT2D eigenvalue weighted by Gasteiger charge is 2.21. The highest BCUT2D eigenvalue weighted by Crippen LogP contribution is 2.31. The van der Waals surface area contributed by atoms with Crippen molar-refractivity contribution >= 4 is 0 Å². The van der Waals surface area contributed by atoms with Gasteiger partial charge in [-0.25, -0.2) is 0 Å². The van der Waals surface area contributed by atoms with E-state index in [0.717, 1.165) is 31.2 Å². The van der Waals surface area contributed by atoms with Gasteiger partial charge in [0.05, 0.1) is 6.10 Å². The Morgan fingerprint density at radius 3 is 2.83 bits per heavy atom. The summed E-state index contributed by atoms with van der Waals surface area (Å²) in [6.45, 7) is 4.41. The van der Waals surface area contributed by atoms with E-state index in [1.54, 1.807) is 0 Å². The van der Waals surface area contributed by atoms with Crippen LogP contribution in [0, 0.1) is 5.92 Å². The summed E-state index contributed by atoms with van der Waals surface area (Å²) in [6, 6.07) is 6.53. The minimum Gasteiger partial charge on any atom is -0.490 e. The molecule has 0 atom stereocenters. The molecular formula is C16H23NO. The number of hydrogen-bond acceptors (Lipinski definition) is 2. The van der Waals surface area contributed by atoms with E-state index in [-0.39, 0.29) is 0 Å². The number of benzene rings is 1. The third-order valence-corrected chi connectivity index (χ3v) is 4.36. The molecule has 0 bridgehead atoms. The predicted molar refractivity (Wildman–Crippen MR) is 73.9 cm³/mol. The second-order valence-electron chi connectivity index (χ2n) is 5.82. The van der Waals surface area contributed by atoms with Crippen LogP contribution in [-0.4, -0.2) is 12.6 Å². The molecule has 1 aromatic carbocycles. The number of rotatable bonds is 2. The molecule has 1 aromatic rings. The molecule has 0 radical (unpaired) electrons. The average Bonchev–Trinajstić information content (AvgIpc) is 2.42. The van der Waals surface area contributed by atoms with Crippen LogP contribution in [0.4, 0.5) is 0 Å². The van der Waals surface area contributed by atoms with Crippen molar-refractivity contribution in [2.45, 2.75) is 51.7 Å². The van der Waals surface area contributed by atoms with E-state index in [4.69, 9.17) is 4.74 Å². The number of fused-ring (bicyclic) bond motifs is 1. The fourth-order valence-electron chi connectivity index (χ4n) is 3.12. The van der Waals surface area contributed by atoms with Gasteiger partial charge in [-0.15, -0.1) is 0 Å². The molecule has 3 rings (SSSR count). The van der Waals surface area contributed by atoms with Crippen LogP contribution in [0.3, 0.4) is 0 Å². The molecule has 1 aliphatic heterocycles. The topological polar surface area (TPSA) is 21.3 Å². The van der Waals surface area contributed by atoms with Gasteiger partial charge in [0.2, 0.25) is 0 Å². The maximum atomic E-state index is 6.26. The first-order valence-corrected chi connectivity index (χ1v) is 7.31. The Balaban J connectivity index is 1.72. The van der Waals surface area contributed by atoms with E-state index in [2.05, 4.69) is 30.4 Å². The van der Waals surface area contributed by atoms with Gasteiger partial charge >= 0.3 is 0 Å². The summed E-state index contributed by atoms with van der Waals surface area (Å²) >= 11 is 0. The molecule has 0 aromatic heterocycles. The molecule has 0 unspecified atom stereocenters. The van der Waals surface area contributed by atoms with E-state index in [1.807, 2.05) is 0 Å². The lowest BCUT2D eigenvalue weighted by Gasteiger charge is -2.29. The Hall–Kier alpha value is -1.02. The minimum atomic E-state index is 0.439. The van der Waals surface area contributed by atoms with Crippen molar-refractivity contribution in [1.82, 2.24) is 5.32 Å². The highest BCUT2D eigenvalue weighted by molar-refractivity contribution is 5.41. The fraction of sp³-hybridized carbons (Fsp3) is 0.625. The van der Waals surface area contributed by atoms with E-state index < -0.39 is 0 Å². The normalized spacial score (nSPS) is 27.6. The Labute approximate surface area is 110 Å². The molecule has 1 aliphatic carbocycles. The van der Waals surface area contributed by atoms with E-state index in [1.165, 1.54) is 36.8 Å². The molecule has 0 spiro atoms. The summed E-state index contributed by atoms with van der Waals surface area (Å²) in [6.07, 6.45) is 6.65. The highest BCUT2D eigenvalue weighted by atomic mass is 16.5. The fourth-order valence-corrected chi connectivity index (χ4v) is 3.12.